The van der Waals surface area contributed by atoms with Gasteiger partial charge in [0.1, 0.15) is 5.82 Å². The van der Waals surface area contributed by atoms with Crippen molar-refractivity contribution in [2.45, 2.75) is 39.2 Å². The molecular weight excluding hydrogens is 217 g/mol. The van der Waals surface area contributed by atoms with Gasteiger partial charge in [0.25, 0.3) is 0 Å². The van der Waals surface area contributed by atoms with Gasteiger partial charge in [-0.05, 0) is 51.3 Å². The number of benzene rings is 1. The fraction of sp³-hybridized carbons (Fsp3) is 0.571. The minimum atomic E-state index is -0.223. The van der Waals surface area contributed by atoms with Crippen molar-refractivity contribution >= 4 is 5.69 Å². The highest BCUT2D eigenvalue weighted by Crippen LogP contribution is 2.16. The second-order valence-electron chi connectivity index (χ2n) is 4.40. The minimum absolute atomic E-state index is 0.190. The van der Waals surface area contributed by atoms with Crippen molar-refractivity contribution < 1.29 is 9.50 Å². The average Bonchev–Trinajstić information content (AvgIpc) is 2.29. The summed E-state index contributed by atoms with van der Waals surface area (Å²) in [6.07, 6.45) is 2.64. The molecule has 1 aromatic rings. The van der Waals surface area contributed by atoms with E-state index in [1.54, 1.807) is 12.1 Å². The summed E-state index contributed by atoms with van der Waals surface area (Å²) in [6, 6.07) is 6.70. The third-order valence-electron chi connectivity index (χ3n) is 2.85. The van der Waals surface area contributed by atoms with Crippen LogP contribution in [-0.4, -0.2) is 24.3 Å². The summed E-state index contributed by atoms with van der Waals surface area (Å²) >= 11 is 0. The summed E-state index contributed by atoms with van der Waals surface area (Å²) in [5, 5.41) is 9.17. The van der Waals surface area contributed by atoms with Gasteiger partial charge >= 0.3 is 0 Å². The Hall–Kier alpha value is -1.09. The zero-order chi connectivity index (χ0) is 12.7. The molecule has 0 fully saturated rings. The second-order valence-corrected chi connectivity index (χ2v) is 4.40. The number of halogens is 1. The van der Waals surface area contributed by atoms with E-state index in [0.717, 1.165) is 38.0 Å². The van der Waals surface area contributed by atoms with Crippen molar-refractivity contribution in [3.8, 4) is 0 Å². The highest BCUT2D eigenvalue weighted by atomic mass is 19.1. The Labute approximate surface area is 103 Å². The maximum Gasteiger partial charge on any atom is 0.125 e. The first-order valence-corrected chi connectivity index (χ1v) is 6.32. The Morgan fingerprint density at radius 3 is 2.71 bits per heavy atom. The Morgan fingerprint density at radius 1 is 1.35 bits per heavy atom. The third-order valence-corrected chi connectivity index (χ3v) is 2.85. The first-order valence-electron chi connectivity index (χ1n) is 6.32. The van der Waals surface area contributed by atoms with Crippen molar-refractivity contribution in [1.82, 2.24) is 0 Å². The van der Waals surface area contributed by atoms with Crippen molar-refractivity contribution in [2.75, 3.05) is 18.0 Å². The molecule has 1 rings (SSSR count). The number of hydrogen-bond acceptors (Lipinski definition) is 2. The fourth-order valence-corrected chi connectivity index (χ4v) is 1.89. The first-order chi connectivity index (χ1) is 8.13. The van der Waals surface area contributed by atoms with E-state index in [2.05, 4.69) is 11.8 Å². The third kappa shape index (κ3) is 5.18. The van der Waals surface area contributed by atoms with Crippen molar-refractivity contribution in [1.29, 1.82) is 0 Å². The maximum absolute atomic E-state index is 13.1. The van der Waals surface area contributed by atoms with Crippen LogP contribution in [0.3, 0.4) is 0 Å². The van der Waals surface area contributed by atoms with E-state index >= 15 is 0 Å². The molecule has 0 saturated carbocycles. The number of aliphatic hydroxyl groups is 1. The van der Waals surface area contributed by atoms with E-state index in [0.29, 0.717) is 0 Å². The molecule has 0 radical (unpaired) electrons. The summed E-state index contributed by atoms with van der Waals surface area (Å²) in [5.74, 6) is -0.190. The average molecular weight is 239 g/mol. The SMILES string of the molecule is CCN(CCCCC(C)O)c1cccc(F)c1. The second kappa shape index (κ2) is 7.28. The Balaban J connectivity index is 2.43. The lowest BCUT2D eigenvalue weighted by Gasteiger charge is -2.23. The van der Waals surface area contributed by atoms with Crippen molar-refractivity contribution in [3.05, 3.63) is 30.1 Å². The highest BCUT2D eigenvalue weighted by molar-refractivity contribution is 5.46. The summed E-state index contributed by atoms with van der Waals surface area (Å²) in [6.45, 7) is 5.66. The van der Waals surface area contributed by atoms with E-state index < -0.39 is 0 Å². The van der Waals surface area contributed by atoms with Gasteiger partial charge in [0.2, 0.25) is 0 Å². The topological polar surface area (TPSA) is 23.5 Å². The van der Waals surface area contributed by atoms with Crippen LogP contribution in [0.5, 0.6) is 0 Å². The van der Waals surface area contributed by atoms with Crippen LogP contribution < -0.4 is 4.90 Å². The van der Waals surface area contributed by atoms with Crippen LogP contribution in [0.2, 0.25) is 0 Å². The van der Waals surface area contributed by atoms with Gasteiger partial charge < -0.3 is 10.0 Å². The minimum Gasteiger partial charge on any atom is -0.393 e. The standard InChI is InChI=1S/C14H22FNO/c1-3-16(10-5-4-7-12(2)17)14-9-6-8-13(15)11-14/h6,8-9,11-12,17H,3-5,7,10H2,1-2H3. The quantitative estimate of drug-likeness (QED) is 0.739. The van der Waals surface area contributed by atoms with Gasteiger partial charge in [-0.1, -0.05) is 6.07 Å². The number of rotatable bonds is 7. The lowest BCUT2D eigenvalue weighted by atomic mass is 10.1. The fourth-order valence-electron chi connectivity index (χ4n) is 1.89. The molecule has 0 aliphatic rings. The van der Waals surface area contributed by atoms with E-state index in [1.807, 2.05) is 13.0 Å². The van der Waals surface area contributed by atoms with Crippen LogP contribution in [0.15, 0.2) is 24.3 Å². The molecule has 2 nitrogen and oxygen atoms in total. The Morgan fingerprint density at radius 2 is 2.12 bits per heavy atom. The molecule has 0 aromatic heterocycles. The molecule has 3 heteroatoms. The van der Waals surface area contributed by atoms with Crippen LogP contribution in [0.25, 0.3) is 0 Å². The van der Waals surface area contributed by atoms with Crippen LogP contribution >= 0.6 is 0 Å². The molecule has 96 valence electrons. The summed E-state index contributed by atoms with van der Waals surface area (Å²) in [5.41, 5.74) is 0.935. The van der Waals surface area contributed by atoms with Crippen LogP contribution in [0.4, 0.5) is 10.1 Å². The van der Waals surface area contributed by atoms with Crippen LogP contribution in [-0.2, 0) is 0 Å². The normalized spacial score (nSPS) is 12.5. The lowest BCUT2D eigenvalue weighted by molar-refractivity contribution is 0.181. The number of nitrogens with zero attached hydrogens (tertiary/aromatic N) is 1. The van der Waals surface area contributed by atoms with Gasteiger partial charge in [0, 0.05) is 18.8 Å². The highest BCUT2D eigenvalue weighted by Gasteiger charge is 2.05. The molecule has 0 aliphatic heterocycles. The number of hydrogen-bond donors (Lipinski definition) is 1. The summed E-state index contributed by atoms with van der Waals surface area (Å²) in [4.78, 5) is 2.16. The molecule has 0 aliphatic carbocycles. The molecule has 0 saturated heterocycles. The van der Waals surface area contributed by atoms with Gasteiger partial charge in [-0.15, -0.1) is 0 Å². The largest absolute Gasteiger partial charge is 0.393 e. The van der Waals surface area contributed by atoms with Gasteiger partial charge in [0.05, 0.1) is 6.10 Å². The number of anilines is 1. The molecule has 1 N–H and O–H groups in total. The zero-order valence-corrected chi connectivity index (χ0v) is 10.7. The maximum atomic E-state index is 13.1. The molecular formula is C14H22FNO. The predicted octanol–water partition coefficient (Wildman–Crippen LogP) is 3.20. The lowest BCUT2D eigenvalue weighted by Crippen LogP contribution is -2.24. The van der Waals surface area contributed by atoms with E-state index in [-0.39, 0.29) is 11.9 Å². The molecule has 0 bridgehead atoms. The monoisotopic (exact) mass is 239 g/mol. The smallest absolute Gasteiger partial charge is 0.125 e. The van der Waals surface area contributed by atoms with E-state index in [1.165, 1.54) is 6.07 Å². The molecule has 17 heavy (non-hydrogen) atoms. The molecule has 1 atom stereocenters. The summed E-state index contributed by atoms with van der Waals surface area (Å²) < 4.78 is 13.1. The molecule has 0 spiro atoms. The van der Waals surface area contributed by atoms with E-state index in [9.17, 15) is 4.39 Å². The molecule has 1 unspecified atom stereocenters. The van der Waals surface area contributed by atoms with Gasteiger partial charge in [-0.3, -0.25) is 0 Å². The van der Waals surface area contributed by atoms with Crippen LogP contribution in [0, 0.1) is 5.82 Å². The van der Waals surface area contributed by atoms with Crippen LogP contribution in [0.1, 0.15) is 33.1 Å². The molecule has 1 aromatic carbocycles. The molecule has 0 amide bonds. The zero-order valence-electron chi connectivity index (χ0n) is 10.7. The summed E-state index contributed by atoms with van der Waals surface area (Å²) in [7, 11) is 0. The molecule has 0 heterocycles. The number of unbranched alkanes of at least 4 members (excludes halogenated alkanes) is 1. The van der Waals surface area contributed by atoms with Crippen molar-refractivity contribution in [3.63, 3.8) is 0 Å². The van der Waals surface area contributed by atoms with Gasteiger partial charge in [0.15, 0.2) is 0 Å². The first kappa shape index (κ1) is 14.0. The van der Waals surface area contributed by atoms with E-state index in [4.69, 9.17) is 5.11 Å². The van der Waals surface area contributed by atoms with Gasteiger partial charge in [-0.2, -0.15) is 0 Å². The van der Waals surface area contributed by atoms with Gasteiger partial charge in [-0.25, -0.2) is 4.39 Å². The predicted molar refractivity (Wildman–Crippen MR) is 69.8 cm³/mol. The Bertz CT molecular complexity index is 328. The Kier molecular flexibility index (Phi) is 5.98. The van der Waals surface area contributed by atoms with Crippen molar-refractivity contribution in [2.24, 2.45) is 0 Å². The number of aliphatic hydroxyl groups excluding tert-OH is 1.